The lowest BCUT2D eigenvalue weighted by molar-refractivity contribution is -0.385. The van der Waals surface area contributed by atoms with E-state index in [2.05, 4.69) is 0 Å². The summed E-state index contributed by atoms with van der Waals surface area (Å²) in [6, 6.07) is 33.7. The van der Waals surface area contributed by atoms with Gasteiger partial charge in [-0.05, 0) is 96.6 Å². The quantitative estimate of drug-likeness (QED) is 0.0346. The van der Waals surface area contributed by atoms with E-state index in [4.69, 9.17) is 32.9 Å². The minimum absolute atomic E-state index is 0.0346. The van der Waals surface area contributed by atoms with E-state index < -0.39 is 54.7 Å². The first-order valence-corrected chi connectivity index (χ1v) is 21.2. The van der Waals surface area contributed by atoms with Crippen LogP contribution in [0.5, 0.6) is 34.5 Å². The van der Waals surface area contributed by atoms with Gasteiger partial charge in [0.15, 0.2) is 0 Å². The lowest BCUT2D eigenvalue weighted by Gasteiger charge is -2.47. The van der Waals surface area contributed by atoms with Gasteiger partial charge in [-0.2, -0.15) is 0 Å². The van der Waals surface area contributed by atoms with Gasteiger partial charge in [-0.1, -0.05) is 19.9 Å². The van der Waals surface area contributed by atoms with E-state index in [0.29, 0.717) is 0 Å². The average molecular weight is 983 g/mol. The summed E-state index contributed by atoms with van der Waals surface area (Å²) >= 11 is 0. The molecule has 7 aromatic rings. The molecule has 0 N–H and O–H groups in total. The Morgan fingerprint density at radius 1 is 0.319 bits per heavy atom. The summed E-state index contributed by atoms with van der Waals surface area (Å²) in [6.45, 7) is -3.73. The largest absolute Gasteiger partial charge is 0.649 e. The number of pyridine rings is 1. The molecule has 0 unspecified atom stereocenters. The fraction of sp³-hybridized carbons (Fsp3) is 0.0889. The summed E-state index contributed by atoms with van der Waals surface area (Å²) in [7, 11) is 0. The molecule has 0 amide bonds. The summed E-state index contributed by atoms with van der Waals surface area (Å²) in [5.41, 5.74) is -1.49. The molecule has 0 bridgehead atoms. The highest BCUT2D eigenvalue weighted by molar-refractivity contribution is 6.65. The summed E-state index contributed by atoms with van der Waals surface area (Å²) < 4.78 is 39.4. The van der Waals surface area contributed by atoms with Gasteiger partial charge in [-0.25, -0.2) is 0 Å². The van der Waals surface area contributed by atoms with Gasteiger partial charge < -0.3 is 27.9 Å². The Morgan fingerprint density at radius 3 is 0.639 bits per heavy atom. The summed E-state index contributed by atoms with van der Waals surface area (Å²) in [6.07, 6.45) is 0. The molecule has 0 aliphatic heterocycles. The fourth-order valence-corrected chi connectivity index (χ4v) is 7.17. The Balaban J connectivity index is 1.40. The highest BCUT2D eigenvalue weighted by Gasteiger charge is 2.47. The van der Waals surface area contributed by atoms with Crippen molar-refractivity contribution < 1.29 is 57.5 Å². The SMILES string of the molecule is C[C@H](c1cccc([C@@H](C)[B-](Oc2ccc([N+](=O)[O-])cc2)(Oc2ccc([N+](=O)[O-])cc2)Oc2ccc([N+](=O)[O-])cc2)n1)[B-](Oc1ccc([N+](=O)[O-])cc1)(Oc1ccc([N+](=O)[O-])cc1)Oc1ccc([N+](=O)[O-])cc1. The zero-order valence-corrected chi connectivity index (χ0v) is 37.4. The van der Waals surface area contributed by atoms with Crippen LogP contribution in [0.3, 0.4) is 0 Å². The number of nitrogens with zero attached hydrogens (tertiary/aromatic N) is 7. The van der Waals surface area contributed by atoms with Crippen molar-refractivity contribution >= 4 is 47.6 Å². The number of rotatable bonds is 22. The molecule has 2 atom stereocenters. The molecule has 0 fully saturated rings. The number of hydrogen-bond acceptors (Lipinski definition) is 19. The Kier molecular flexibility index (Phi) is 14.5. The first kappa shape index (κ1) is 49.7. The van der Waals surface area contributed by atoms with Gasteiger partial charge in [0.05, 0.1) is 64.0 Å². The van der Waals surface area contributed by atoms with Crippen LogP contribution in [0.1, 0.15) is 36.9 Å². The van der Waals surface area contributed by atoms with E-state index in [-0.39, 0.29) is 80.0 Å². The second kappa shape index (κ2) is 21.0. The number of benzene rings is 6. The van der Waals surface area contributed by atoms with Gasteiger partial charge in [-0.15, -0.1) is 0 Å². The normalized spacial score (nSPS) is 12.0. The third-order valence-electron chi connectivity index (χ3n) is 11.0. The van der Waals surface area contributed by atoms with E-state index in [9.17, 15) is 60.7 Å². The number of nitro benzene ring substituents is 6. The van der Waals surface area contributed by atoms with Crippen molar-refractivity contribution in [1.29, 1.82) is 0 Å². The molecule has 366 valence electrons. The van der Waals surface area contributed by atoms with Crippen molar-refractivity contribution in [1.82, 2.24) is 4.98 Å². The predicted octanol–water partition coefficient (Wildman–Crippen LogP) is 10.2. The van der Waals surface area contributed by atoms with Crippen molar-refractivity contribution in [2.24, 2.45) is 0 Å². The molecule has 0 spiro atoms. The lowest BCUT2D eigenvalue weighted by Crippen LogP contribution is -2.60. The summed E-state index contributed by atoms with van der Waals surface area (Å²) in [5.74, 6) is -2.57. The van der Waals surface area contributed by atoms with Crippen LogP contribution in [-0.2, 0) is 0 Å². The van der Waals surface area contributed by atoms with E-state index >= 15 is 0 Å². The van der Waals surface area contributed by atoms with Crippen molar-refractivity contribution in [3.63, 3.8) is 0 Å². The Bertz CT molecular complexity index is 2640. The first-order chi connectivity index (χ1) is 34.3. The van der Waals surface area contributed by atoms with E-state index in [1.165, 1.54) is 72.8 Å². The standard InChI is InChI=1S/C45H35B2N7O18/c1-30(46(67-38-18-6-32(7-19-38)49(55)56,68-39-20-8-33(9-21-39)50(57)58)69-40-22-10-34(11-23-40)51(59)60)44-4-3-5-45(48-44)31(2)47(70-41-24-12-35(13-25-41)52(61)62,71-42-26-14-36(15-27-42)53(63)64)72-43-28-16-37(17-29-43)54(65)66/h3-31H,1-2H3/q-2/t30-,31-/m1/s1. The second-order valence-electron chi connectivity index (χ2n) is 15.7. The third-order valence-corrected chi connectivity index (χ3v) is 11.0. The van der Waals surface area contributed by atoms with Crippen molar-refractivity contribution in [2.45, 2.75) is 25.5 Å². The molecular weight excluding hydrogens is 948 g/mol. The molecule has 0 saturated carbocycles. The number of nitro groups is 6. The first-order valence-electron chi connectivity index (χ1n) is 21.2. The highest BCUT2D eigenvalue weighted by atomic mass is 16.8. The zero-order valence-electron chi connectivity index (χ0n) is 37.4. The van der Waals surface area contributed by atoms with Crippen molar-refractivity contribution in [2.75, 3.05) is 0 Å². The van der Waals surface area contributed by atoms with Gasteiger partial charge in [0.25, 0.3) is 34.1 Å². The van der Waals surface area contributed by atoms with Crippen LogP contribution in [-0.4, -0.2) is 48.0 Å². The van der Waals surface area contributed by atoms with Crippen LogP contribution in [0, 0.1) is 60.7 Å². The Labute approximate surface area is 405 Å². The van der Waals surface area contributed by atoms with Gasteiger partial charge >= 0.3 is 13.5 Å². The zero-order chi connectivity index (χ0) is 51.7. The van der Waals surface area contributed by atoms with Gasteiger partial charge in [0.1, 0.15) is 0 Å². The van der Waals surface area contributed by atoms with Gasteiger partial charge in [0, 0.05) is 84.2 Å². The van der Waals surface area contributed by atoms with Crippen LogP contribution < -0.4 is 27.9 Å². The Morgan fingerprint density at radius 2 is 0.486 bits per heavy atom. The number of hydrogen-bond donors (Lipinski definition) is 0. The molecule has 72 heavy (non-hydrogen) atoms. The van der Waals surface area contributed by atoms with Crippen LogP contribution in [0.2, 0.25) is 0 Å². The molecule has 1 aromatic heterocycles. The topological polar surface area (TPSA) is 327 Å². The van der Waals surface area contributed by atoms with Gasteiger partial charge in [-0.3, -0.25) is 65.7 Å². The molecule has 0 aliphatic carbocycles. The molecule has 6 aromatic carbocycles. The smallest absolute Gasteiger partial charge is 0.557 e. The molecule has 0 radical (unpaired) electrons. The van der Waals surface area contributed by atoms with Crippen molar-refractivity contribution in [3.05, 3.63) is 236 Å². The molecule has 1 heterocycles. The van der Waals surface area contributed by atoms with Crippen LogP contribution in [0.15, 0.2) is 164 Å². The number of non-ortho nitro benzene ring substituents is 6. The highest BCUT2D eigenvalue weighted by Crippen LogP contribution is 2.39. The Hall–Kier alpha value is -10.2. The van der Waals surface area contributed by atoms with Crippen LogP contribution in [0.4, 0.5) is 34.1 Å². The molecular formula is C45H35B2N7O18-2. The maximum absolute atomic E-state index is 11.6. The lowest BCUT2D eigenvalue weighted by atomic mass is 9.60. The van der Waals surface area contributed by atoms with E-state index in [1.807, 2.05) is 0 Å². The summed E-state index contributed by atoms with van der Waals surface area (Å²) in [5, 5.41) is 69.7. The van der Waals surface area contributed by atoms with Crippen LogP contribution >= 0.6 is 0 Å². The average Bonchev–Trinajstić information content (AvgIpc) is 3.36. The molecule has 27 heteroatoms. The van der Waals surface area contributed by atoms with E-state index in [1.54, 1.807) is 32.0 Å². The molecule has 0 aliphatic rings. The van der Waals surface area contributed by atoms with Crippen LogP contribution in [0.25, 0.3) is 0 Å². The minimum atomic E-state index is -3.44. The second-order valence-corrected chi connectivity index (χ2v) is 15.7. The third kappa shape index (κ3) is 11.5. The summed E-state index contributed by atoms with van der Waals surface area (Å²) in [4.78, 5) is 70.9. The molecule has 0 saturated heterocycles. The minimum Gasteiger partial charge on any atom is -0.649 e. The van der Waals surface area contributed by atoms with E-state index in [0.717, 1.165) is 72.8 Å². The van der Waals surface area contributed by atoms with Gasteiger partial charge in [0.2, 0.25) is 0 Å². The fourth-order valence-electron chi connectivity index (χ4n) is 7.17. The predicted molar refractivity (Wildman–Crippen MR) is 255 cm³/mol. The number of aromatic nitrogens is 1. The van der Waals surface area contributed by atoms with Crippen molar-refractivity contribution in [3.8, 4) is 34.5 Å². The molecule has 25 nitrogen and oxygen atoms in total. The maximum atomic E-state index is 11.6. The maximum Gasteiger partial charge on any atom is 0.557 e. The molecule has 7 rings (SSSR count). The monoisotopic (exact) mass is 983 g/mol.